The maximum atomic E-state index is 15.2. The zero-order chi connectivity index (χ0) is 80.8. The molecule has 37 heteroatoms. The Labute approximate surface area is 667 Å². The third-order valence-corrected chi connectivity index (χ3v) is 23.1. The van der Waals surface area contributed by atoms with Crippen LogP contribution in [0.15, 0.2) is 59.3 Å². The number of thiophene rings is 2. The minimum atomic E-state index is -4.97. The Morgan fingerprint density at radius 2 is 1.21 bits per heavy atom. The Bertz CT molecular complexity index is 4230. The number of nitrogens with two attached hydrogens (primary N) is 1. The number of anilines is 3. The Morgan fingerprint density at radius 1 is 0.688 bits per heavy atom. The number of imide groups is 1. The predicted molar refractivity (Wildman–Crippen MR) is 420 cm³/mol. The highest BCUT2D eigenvalue weighted by atomic mass is 35.5. The molecule has 0 bridgehead atoms. The van der Waals surface area contributed by atoms with E-state index >= 15 is 4.79 Å². The van der Waals surface area contributed by atoms with E-state index in [4.69, 9.17) is 71.4 Å². The van der Waals surface area contributed by atoms with Crippen molar-refractivity contribution in [3.05, 3.63) is 87.1 Å². The lowest BCUT2D eigenvalue weighted by atomic mass is 9.65. The molecule has 0 saturated heterocycles. The van der Waals surface area contributed by atoms with E-state index in [0.29, 0.717) is 97.7 Å². The first-order chi connectivity index (χ1) is 53.6. The van der Waals surface area contributed by atoms with Crippen molar-refractivity contribution in [2.24, 2.45) is 17.1 Å². The molecular formula is C75H99Cl2N10O22PS2. The summed E-state index contributed by atoms with van der Waals surface area (Å²) in [6.45, 7) is 11.5. The van der Waals surface area contributed by atoms with Crippen LogP contribution in [0.3, 0.4) is 0 Å². The molecule has 1 saturated carbocycles. The summed E-state index contributed by atoms with van der Waals surface area (Å²) < 4.78 is 63.2. The summed E-state index contributed by atoms with van der Waals surface area (Å²) in [4.78, 5) is 159. The number of rotatable bonds is 45. The number of likely N-dealkylation sites (N-methyl/N-ethyl adjacent to an activating group) is 2. The number of primary amides is 1. The number of fused-ring (bicyclic) bond motifs is 6. The molecule has 1 fully saturated rings. The fourth-order valence-corrected chi connectivity index (χ4v) is 16.5. The van der Waals surface area contributed by atoms with Crippen LogP contribution in [0.5, 0.6) is 11.5 Å². The average molecular weight is 1660 g/mol. The smallest absolute Gasteiger partial charge is 0.445 e. The third kappa shape index (κ3) is 23.6. The van der Waals surface area contributed by atoms with E-state index in [9.17, 15) is 57.5 Å². The van der Waals surface area contributed by atoms with Gasteiger partial charge in [-0.05, 0) is 103 Å². The van der Waals surface area contributed by atoms with E-state index in [1.165, 1.54) is 64.8 Å². The molecule has 5 aromatic rings. The number of hydrogen-bond acceptors (Lipinski definition) is 22. The summed E-state index contributed by atoms with van der Waals surface area (Å²) in [5.41, 5.74) is 9.75. The molecule has 0 spiro atoms. The summed E-state index contributed by atoms with van der Waals surface area (Å²) in [7, 11) is -1.93. The van der Waals surface area contributed by atoms with Crippen molar-refractivity contribution in [2.75, 3.05) is 160 Å². The minimum Gasteiger partial charge on any atom is -0.445 e. The van der Waals surface area contributed by atoms with Crippen LogP contribution in [-0.4, -0.2) is 241 Å². The van der Waals surface area contributed by atoms with Gasteiger partial charge in [-0.2, -0.15) is 0 Å². The number of aryl methyl sites for hydroxylation is 2. The molecule has 5 heterocycles. The van der Waals surface area contributed by atoms with Gasteiger partial charge in [0.15, 0.2) is 11.5 Å². The summed E-state index contributed by atoms with van der Waals surface area (Å²) in [5.74, 6) is -3.11. The molecule has 612 valence electrons. The first kappa shape index (κ1) is 87.9. The van der Waals surface area contributed by atoms with Gasteiger partial charge in [-0.15, -0.1) is 45.9 Å². The molecule has 9 rings (SSSR count). The highest BCUT2D eigenvalue weighted by Crippen LogP contribution is 2.55. The minimum absolute atomic E-state index is 0.00326. The Hall–Kier alpha value is -8.09. The highest BCUT2D eigenvalue weighted by Gasteiger charge is 2.50. The van der Waals surface area contributed by atoms with Gasteiger partial charge in [0.25, 0.3) is 11.8 Å². The second-order valence-corrected chi connectivity index (χ2v) is 31.6. The maximum Gasteiger partial charge on any atom is 0.524 e. The lowest BCUT2D eigenvalue weighted by molar-refractivity contribution is -0.138. The molecule has 1 aliphatic carbocycles. The van der Waals surface area contributed by atoms with Crippen LogP contribution in [0, 0.1) is 25.2 Å². The van der Waals surface area contributed by atoms with Gasteiger partial charge < -0.3 is 89.0 Å². The Kier molecular flexibility index (Phi) is 32.8. The standard InChI is InChI=1S/C75H99Cl2N10O22PS2/c1-46(2)66(82-58(88)17-25-101-27-29-103-31-33-105-35-36-106-34-32-104-30-28-102-26-24-85-59(89)14-15-60(85)90)70(93)81-53(9-7-21-79-72(78)95)69(92)80-52-12-10-49(11-13-52)43-107-73(96)83(5)22-23-84(6)74(97)108-56-37-55-65(62-47(3)44-111-67(56)62)51(40-77)42-87(55)71(94)75(18-8-19-75)20-16-61(91)86-41-50(39-76)64-54(86)38-57(109-110(98,99)100)68-63(64)48(4)45-112-68/h10-15,37-38,44-46,50-51,53,66H,7-9,16-36,39-43H2,1-6H3,(H,80,92)(H,81,93)(H,82,88)(H3,78,79,95)(H2,98,99,100)/t50-,51-,53+,66+/m1/s1. The quantitative estimate of drug-likeness (QED) is 0.00833. The molecule has 3 aliphatic heterocycles. The van der Waals surface area contributed by atoms with E-state index < -0.39 is 61.3 Å². The molecule has 8 N–H and O–H groups in total. The van der Waals surface area contributed by atoms with Crippen LogP contribution in [0.4, 0.5) is 31.4 Å². The van der Waals surface area contributed by atoms with Gasteiger partial charge in [-0.1, -0.05) is 32.4 Å². The molecule has 32 nitrogen and oxygen atoms in total. The van der Waals surface area contributed by atoms with Gasteiger partial charge >= 0.3 is 26.0 Å². The number of benzene rings is 3. The number of urea groups is 1. The van der Waals surface area contributed by atoms with Crippen LogP contribution in [-0.2, 0) is 77.9 Å². The number of alkyl halides is 2. The first-order valence-corrected chi connectivity index (χ1v) is 41.4. The molecule has 2 aromatic heterocycles. The summed E-state index contributed by atoms with van der Waals surface area (Å²) >= 11 is 15.9. The van der Waals surface area contributed by atoms with Gasteiger partial charge in [0.2, 0.25) is 29.5 Å². The number of halogens is 2. The molecular weight excluding hydrogens is 1560 g/mol. The Morgan fingerprint density at radius 3 is 1.73 bits per heavy atom. The second kappa shape index (κ2) is 41.8. The van der Waals surface area contributed by atoms with Gasteiger partial charge in [0, 0.05) is 124 Å². The zero-order valence-electron chi connectivity index (χ0n) is 63.6. The van der Waals surface area contributed by atoms with Crippen molar-refractivity contribution in [3.63, 3.8) is 0 Å². The van der Waals surface area contributed by atoms with E-state index in [2.05, 4.69) is 21.3 Å². The highest BCUT2D eigenvalue weighted by molar-refractivity contribution is 7.46. The number of ether oxygens (including phenoxy) is 8. The van der Waals surface area contributed by atoms with Crippen molar-refractivity contribution in [3.8, 4) is 11.5 Å². The van der Waals surface area contributed by atoms with Crippen LogP contribution >= 0.6 is 53.7 Å². The van der Waals surface area contributed by atoms with E-state index in [0.717, 1.165) is 44.3 Å². The van der Waals surface area contributed by atoms with E-state index in [1.807, 2.05) is 24.6 Å². The van der Waals surface area contributed by atoms with Crippen LogP contribution in [0.2, 0.25) is 0 Å². The third-order valence-electron chi connectivity index (χ3n) is 19.7. The molecule has 0 radical (unpaired) electrons. The van der Waals surface area contributed by atoms with Crippen LogP contribution in [0.25, 0.3) is 20.2 Å². The summed E-state index contributed by atoms with van der Waals surface area (Å²) in [6, 6.07) is 6.78. The predicted octanol–water partition coefficient (Wildman–Crippen LogP) is 8.32. The lowest BCUT2D eigenvalue weighted by Crippen LogP contribution is -2.54. The van der Waals surface area contributed by atoms with Gasteiger partial charge in [-0.3, -0.25) is 48.2 Å². The number of phosphoric acid groups is 1. The number of carbonyl (C=O) groups excluding carboxylic acids is 10. The maximum absolute atomic E-state index is 15.2. The largest absolute Gasteiger partial charge is 0.524 e. The molecule has 11 amide bonds. The van der Waals surface area contributed by atoms with E-state index in [1.54, 1.807) is 54.0 Å². The molecule has 4 aliphatic rings. The molecule has 3 aromatic carbocycles. The average Bonchev–Trinajstić information content (AvgIpc) is 1.58. The first-order valence-electron chi connectivity index (χ1n) is 37.0. The van der Waals surface area contributed by atoms with E-state index in [-0.39, 0.29) is 169 Å². The molecule has 4 atom stereocenters. The monoisotopic (exact) mass is 1660 g/mol. The van der Waals surface area contributed by atoms with Gasteiger partial charge in [0.1, 0.15) is 18.7 Å². The Balaban J connectivity index is 0.688. The number of hydrogen-bond donors (Lipinski definition) is 7. The lowest BCUT2D eigenvalue weighted by Gasteiger charge is -2.43. The fourth-order valence-electron chi connectivity index (χ4n) is 13.5. The molecule has 0 unspecified atom stereocenters. The zero-order valence-corrected chi connectivity index (χ0v) is 67.6. The SMILES string of the molecule is Cc1csc2c(OP(=O)(O)O)cc3c(c12)[C@H](CCl)CN3C(=O)CCC1(C(=O)N2C[C@@H](CCl)c3c2cc(OC(=O)N(C)CCN(C)C(=O)OCc2ccc(NC(=O)[C@H](CCCNC(N)=O)NC(=O)[C@@H](NC(=O)CCOCCOCCOCCOCCOCCOCCN4C(=O)C=CC4=O)C(C)C)cc2)c2scc(C)c32)CCC1. The summed E-state index contributed by atoms with van der Waals surface area (Å²) in [5, 5.41) is 16.2. The van der Waals surface area contributed by atoms with Gasteiger partial charge in [0.05, 0.1) is 112 Å². The normalized spacial score (nSPS) is 16.2. The molecule has 112 heavy (non-hydrogen) atoms. The van der Waals surface area contributed by atoms with Crippen molar-refractivity contribution in [2.45, 2.75) is 110 Å². The number of nitrogens with one attached hydrogen (secondary N) is 4. The number of nitrogens with zero attached hydrogens (tertiary/aromatic N) is 5. The fraction of sp³-hybridized carbons (Fsp3) is 0.547. The number of phosphoric ester groups is 1. The van der Waals surface area contributed by atoms with Gasteiger partial charge in [-0.25, -0.2) is 18.9 Å². The van der Waals surface area contributed by atoms with Crippen molar-refractivity contribution < 1.29 is 105 Å². The van der Waals surface area contributed by atoms with Crippen molar-refractivity contribution in [1.82, 2.24) is 30.7 Å². The van der Waals surface area contributed by atoms with Crippen molar-refractivity contribution >= 4 is 151 Å². The number of amides is 11. The van der Waals surface area contributed by atoms with Crippen LogP contribution in [0.1, 0.15) is 105 Å². The second-order valence-electron chi connectivity index (χ2n) is 28.0. The topological polar surface area (TPSA) is 402 Å². The summed E-state index contributed by atoms with van der Waals surface area (Å²) in [6.07, 6.45) is 3.38. The van der Waals surface area contributed by atoms with Crippen molar-refractivity contribution in [1.29, 1.82) is 0 Å². The number of carbonyl (C=O) groups is 10. The van der Waals surface area contributed by atoms with Crippen LogP contribution < -0.4 is 46.1 Å².